The molecule has 0 amide bonds. The summed E-state index contributed by atoms with van der Waals surface area (Å²) in [5.74, 6) is 0. The maximum Gasteiger partial charge on any atom is 0.160 e. The number of hydrogen-bond donors (Lipinski definition) is 0. The van der Waals surface area contributed by atoms with Crippen molar-refractivity contribution in [3.05, 3.63) is 0 Å². The fourth-order valence-corrected chi connectivity index (χ4v) is 0.818. The van der Waals surface area contributed by atoms with Gasteiger partial charge in [-0.15, -0.1) is 0 Å². The summed E-state index contributed by atoms with van der Waals surface area (Å²) in [5.41, 5.74) is 0. The van der Waals surface area contributed by atoms with Crippen molar-refractivity contribution in [2.45, 2.75) is 60.9 Å². The standard InChI is InChI=1S/C6H14O2.C4H10O2.C3H6O2.CH4/c1-4-7-6(3)8-5-2;1-4(5-2)6-3;1-3-4-2-5-3;/h6H,4-5H2,1-3H3;4H,1-3H3;3H,2H2,1H3;1H4. The topological polar surface area (TPSA) is 55.4 Å². The zero-order chi connectivity index (χ0) is 15.1. The van der Waals surface area contributed by atoms with Gasteiger partial charge in [-0.05, 0) is 34.6 Å². The van der Waals surface area contributed by atoms with Crippen LogP contribution < -0.4 is 0 Å². The smallest absolute Gasteiger partial charge is 0.160 e. The minimum Gasteiger partial charge on any atom is -0.356 e. The van der Waals surface area contributed by atoms with Crippen molar-refractivity contribution in [3.63, 3.8) is 0 Å². The summed E-state index contributed by atoms with van der Waals surface area (Å²) in [6, 6.07) is 0. The van der Waals surface area contributed by atoms with Gasteiger partial charge in [-0.3, -0.25) is 0 Å². The van der Waals surface area contributed by atoms with Gasteiger partial charge in [-0.1, -0.05) is 7.43 Å². The summed E-state index contributed by atoms with van der Waals surface area (Å²) in [7, 11) is 3.21. The number of hydrogen-bond acceptors (Lipinski definition) is 6. The van der Waals surface area contributed by atoms with E-state index in [1.165, 1.54) is 0 Å². The van der Waals surface area contributed by atoms with Crippen LogP contribution in [0, 0.1) is 0 Å². The lowest BCUT2D eigenvalue weighted by atomic mass is 10.7. The Bertz CT molecular complexity index is 154. The summed E-state index contributed by atoms with van der Waals surface area (Å²) in [5, 5.41) is 0. The Kier molecular flexibility index (Phi) is 23.2. The van der Waals surface area contributed by atoms with Gasteiger partial charge in [0.25, 0.3) is 0 Å². The molecule has 1 saturated heterocycles. The molecule has 1 rings (SSSR count). The van der Waals surface area contributed by atoms with Gasteiger partial charge in [0, 0.05) is 27.4 Å². The molecule has 0 aromatic carbocycles. The zero-order valence-corrected chi connectivity index (χ0v) is 13.3. The first-order valence-corrected chi connectivity index (χ1v) is 6.53. The molecule has 0 saturated carbocycles. The average Bonchev–Trinajstić information content (AvgIpc) is 2.37. The van der Waals surface area contributed by atoms with Crippen LogP contribution in [0.15, 0.2) is 0 Å². The largest absolute Gasteiger partial charge is 0.356 e. The van der Waals surface area contributed by atoms with E-state index >= 15 is 0 Å². The normalized spacial score (nSPS) is 13.7. The summed E-state index contributed by atoms with van der Waals surface area (Å²) >= 11 is 0. The predicted molar refractivity (Wildman–Crippen MR) is 79.4 cm³/mol. The van der Waals surface area contributed by atoms with Gasteiger partial charge in [-0.25, -0.2) is 0 Å². The first kappa shape index (κ1) is 24.8. The van der Waals surface area contributed by atoms with Crippen molar-refractivity contribution in [2.75, 3.05) is 34.2 Å². The minimum absolute atomic E-state index is 0. The molecule has 0 atom stereocenters. The molecule has 1 aliphatic rings. The molecular formula is C14H34O6. The Morgan fingerprint density at radius 2 is 1.30 bits per heavy atom. The van der Waals surface area contributed by atoms with E-state index in [1.54, 1.807) is 14.2 Å². The second-order valence-corrected chi connectivity index (χ2v) is 3.54. The van der Waals surface area contributed by atoms with Crippen LogP contribution in [0.25, 0.3) is 0 Å². The Balaban J connectivity index is -0.000000217. The summed E-state index contributed by atoms with van der Waals surface area (Å²) in [4.78, 5) is 0. The molecule has 1 heterocycles. The van der Waals surface area contributed by atoms with E-state index in [0.717, 1.165) is 13.2 Å². The van der Waals surface area contributed by atoms with Gasteiger partial charge >= 0.3 is 0 Å². The van der Waals surface area contributed by atoms with Crippen molar-refractivity contribution in [1.82, 2.24) is 0 Å². The van der Waals surface area contributed by atoms with Crippen LogP contribution in [0.4, 0.5) is 0 Å². The highest BCUT2D eigenvalue weighted by molar-refractivity contribution is 4.31. The Labute approximate surface area is 124 Å². The summed E-state index contributed by atoms with van der Waals surface area (Å²) in [6.07, 6.45) is -0.0370. The maximum atomic E-state index is 5.06. The highest BCUT2D eigenvalue weighted by atomic mass is 16.8. The van der Waals surface area contributed by atoms with E-state index in [2.05, 4.69) is 9.47 Å². The van der Waals surface area contributed by atoms with E-state index in [0.29, 0.717) is 6.79 Å². The number of rotatable bonds is 6. The Hall–Kier alpha value is -0.240. The third-order valence-electron chi connectivity index (χ3n) is 2.07. The van der Waals surface area contributed by atoms with Gasteiger partial charge in [0.1, 0.15) is 0 Å². The van der Waals surface area contributed by atoms with Crippen LogP contribution in [0.5, 0.6) is 0 Å². The van der Waals surface area contributed by atoms with Crippen molar-refractivity contribution in [2.24, 2.45) is 0 Å². The van der Waals surface area contributed by atoms with Crippen LogP contribution in [-0.4, -0.2) is 53.1 Å². The third-order valence-corrected chi connectivity index (χ3v) is 2.07. The Morgan fingerprint density at radius 1 is 0.950 bits per heavy atom. The second-order valence-electron chi connectivity index (χ2n) is 3.54. The van der Waals surface area contributed by atoms with Gasteiger partial charge < -0.3 is 28.4 Å². The molecule has 0 N–H and O–H groups in total. The van der Waals surface area contributed by atoms with Gasteiger partial charge in [0.2, 0.25) is 0 Å². The molecule has 6 nitrogen and oxygen atoms in total. The fraction of sp³-hybridized carbons (Fsp3) is 1.00. The number of ether oxygens (including phenoxy) is 6. The molecule has 0 radical (unpaired) electrons. The lowest BCUT2D eigenvalue weighted by Gasteiger charge is -2.21. The van der Waals surface area contributed by atoms with E-state index < -0.39 is 0 Å². The molecule has 0 aromatic heterocycles. The molecule has 1 aliphatic heterocycles. The molecule has 0 aromatic rings. The van der Waals surface area contributed by atoms with E-state index in [9.17, 15) is 0 Å². The van der Waals surface area contributed by atoms with Crippen molar-refractivity contribution < 1.29 is 28.4 Å². The first-order chi connectivity index (χ1) is 9.01. The second kappa shape index (κ2) is 18.8. The third kappa shape index (κ3) is 20.1. The minimum atomic E-state index is -0.0648. The molecule has 126 valence electrons. The molecule has 0 aliphatic carbocycles. The van der Waals surface area contributed by atoms with Crippen LogP contribution in [0.3, 0.4) is 0 Å². The van der Waals surface area contributed by atoms with Crippen LogP contribution in [0.2, 0.25) is 0 Å². The van der Waals surface area contributed by atoms with Crippen LogP contribution >= 0.6 is 0 Å². The van der Waals surface area contributed by atoms with Crippen molar-refractivity contribution in [3.8, 4) is 0 Å². The lowest BCUT2D eigenvalue weighted by molar-refractivity contribution is -0.311. The van der Waals surface area contributed by atoms with Gasteiger partial charge in [0.05, 0.1) is 0 Å². The average molecular weight is 298 g/mol. The quantitative estimate of drug-likeness (QED) is 0.703. The summed E-state index contributed by atoms with van der Waals surface area (Å²) < 4.78 is 28.9. The molecular weight excluding hydrogens is 264 g/mol. The van der Waals surface area contributed by atoms with Gasteiger partial charge in [-0.2, -0.15) is 0 Å². The zero-order valence-electron chi connectivity index (χ0n) is 13.3. The molecule has 20 heavy (non-hydrogen) atoms. The lowest BCUT2D eigenvalue weighted by Crippen LogP contribution is -2.26. The van der Waals surface area contributed by atoms with Crippen molar-refractivity contribution in [1.29, 1.82) is 0 Å². The summed E-state index contributed by atoms with van der Waals surface area (Å²) in [6.45, 7) is 11.4. The highest BCUT2D eigenvalue weighted by Gasteiger charge is 2.09. The first-order valence-electron chi connectivity index (χ1n) is 6.53. The van der Waals surface area contributed by atoms with E-state index in [1.807, 2.05) is 34.6 Å². The molecule has 0 unspecified atom stereocenters. The molecule has 1 fully saturated rings. The maximum absolute atomic E-state index is 5.06. The fourth-order valence-electron chi connectivity index (χ4n) is 0.818. The monoisotopic (exact) mass is 298 g/mol. The van der Waals surface area contributed by atoms with E-state index in [4.69, 9.17) is 18.9 Å². The SMILES string of the molecule is C.CC1OCO1.CCOC(C)OCC.COC(C)OC. The molecule has 6 heteroatoms. The van der Waals surface area contributed by atoms with E-state index in [-0.39, 0.29) is 26.3 Å². The molecule has 0 bridgehead atoms. The Morgan fingerprint density at radius 3 is 1.40 bits per heavy atom. The van der Waals surface area contributed by atoms with Gasteiger partial charge in [0.15, 0.2) is 25.7 Å². The van der Waals surface area contributed by atoms with Crippen LogP contribution in [-0.2, 0) is 28.4 Å². The highest BCUT2D eigenvalue weighted by Crippen LogP contribution is 2.02. The molecule has 0 spiro atoms. The predicted octanol–water partition coefficient (Wildman–Crippen LogP) is 3.00. The van der Waals surface area contributed by atoms with Crippen LogP contribution in [0.1, 0.15) is 42.0 Å². The number of methoxy groups -OCH3 is 2. The van der Waals surface area contributed by atoms with Crippen molar-refractivity contribution >= 4 is 0 Å².